The maximum absolute atomic E-state index is 8.88. The van der Waals surface area contributed by atoms with Gasteiger partial charge in [0.05, 0.1) is 17.3 Å². The van der Waals surface area contributed by atoms with Crippen LogP contribution in [0.4, 0.5) is 5.69 Å². The van der Waals surface area contributed by atoms with Gasteiger partial charge in [0.1, 0.15) is 18.1 Å². The second-order valence-corrected chi connectivity index (χ2v) is 4.27. The fourth-order valence-corrected chi connectivity index (χ4v) is 1.85. The van der Waals surface area contributed by atoms with Crippen LogP contribution in [0.15, 0.2) is 34.7 Å². The van der Waals surface area contributed by atoms with Gasteiger partial charge in [-0.2, -0.15) is 0 Å². The summed E-state index contributed by atoms with van der Waals surface area (Å²) in [6, 6.07) is 9.43. The summed E-state index contributed by atoms with van der Waals surface area (Å²) < 4.78 is 5.36. The molecule has 1 aromatic carbocycles. The molecule has 0 fully saturated rings. The Morgan fingerprint density at radius 2 is 2.00 bits per heavy atom. The third-order valence-electron chi connectivity index (χ3n) is 2.45. The zero-order valence-corrected chi connectivity index (χ0v) is 10.3. The zero-order chi connectivity index (χ0) is 12.3. The van der Waals surface area contributed by atoms with E-state index in [0.717, 1.165) is 17.0 Å². The van der Waals surface area contributed by atoms with Crippen molar-refractivity contribution < 1.29 is 9.52 Å². The van der Waals surface area contributed by atoms with Gasteiger partial charge in [0.2, 0.25) is 0 Å². The van der Waals surface area contributed by atoms with Crippen molar-refractivity contribution >= 4 is 17.3 Å². The van der Waals surface area contributed by atoms with Gasteiger partial charge in [-0.3, -0.25) is 0 Å². The maximum atomic E-state index is 8.88. The molecule has 0 spiro atoms. The number of furan rings is 1. The molecule has 2 rings (SSSR count). The Balaban J connectivity index is 2.02. The summed E-state index contributed by atoms with van der Waals surface area (Å²) in [7, 11) is 0. The van der Waals surface area contributed by atoms with E-state index in [9.17, 15) is 0 Å². The molecule has 0 aliphatic rings. The zero-order valence-electron chi connectivity index (χ0n) is 9.53. The highest BCUT2D eigenvalue weighted by Gasteiger charge is 2.03. The van der Waals surface area contributed by atoms with E-state index in [0.29, 0.717) is 17.3 Å². The first-order chi connectivity index (χ1) is 8.19. The predicted molar refractivity (Wildman–Crippen MR) is 68.1 cm³/mol. The first kappa shape index (κ1) is 12.0. The molecule has 2 aromatic rings. The highest BCUT2D eigenvalue weighted by atomic mass is 35.5. The summed E-state index contributed by atoms with van der Waals surface area (Å²) in [6.45, 7) is 2.46. The van der Waals surface area contributed by atoms with Crippen LogP contribution >= 0.6 is 11.6 Å². The van der Waals surface area contributed by atoms with Crippen molar-refractivity contribution in [3.8, 4) is 0 Å². The second-order valence-electron chi connectivity index (χ2n) is 3.86. The van der Waals surface area contributed by atoms with Gasteiger partial charge in [0.25, 0.3) is 0 Å². The molecule has 0 aliphatic heterocycles. The molecule has 0 aliphatic carbocycles. The summed E-state index contributed by atoms with van der Waals surface area (Å²) in [4.78, 5) is 0. The van der Waals surface area contributed by atoms with E-state index >= 15 is 0 Å². The Labute approximate surface area is 105 Å². The molecule has 0 saturated carbocycles. The summed E-state index contributed by atoms with van der Waals surface area (Å²) in [5.74, 6) is 1.34. The van der Waals surface area contributed by atoms with Gasteiger partial charge >= 0.3 is 0 Å². The molecule has 1 aromatic heterocycles. The molecule has 0 radical (unpaired) electrons. The second kappa shape index (κ2) is 5.25. The number of aliphatic hydroxyl groups excluding tert-OH is 1. The minimum Gasteiger partial charge on any atom is -0.462 e. The Bertz CT molecular complexity index is 508. The normalized spacial score (nSPS) is 10.5. The van der Waals surface area contributed by atoms with E-state index in [-0.39, 0.29) is 6.61 Å². The fourth-order valence-electron chi connectivity index (χ4n) is 1.55. The van der Waals surface area contributed by atoms with Gasteiger partial charge in [-0.25, -0.2) is 0 Å². The molecule has 0 unspecified atom stereocenters. The quantitative estimate of drug-likeness (QED) is 0.876. The lowest BCUT2D eigenvalue weighted by Crippen LogP contribution is -1.98. The molecule has 0 atom stereocenters. The van der Waals surface area contributed by atoms with Gasteiger partial charge in [-0.1, -0.05) is 17.7 Å². The van der Waals surface area contributed by atoms with E-state index in [1.165, 1.54) is 0 Å². The monoisotopic (exact) mass is 251 g/mol. The number of rotatable bonds is 4. The standard InChI is InChI=1S/C13H14ClNO2/c1-9-2-5-13(12(14)6-9)15-7-10-3-4-11(8-16)17-10/h2-6,15-16H,7-8H2,1H3. The third kappa shape index (κ3) is 3.02. The minimum absolute atomic E-state index is 0.0781. The average Bonchev–Trinajstić information content (AvgIpc) is 2.76. The largest absolute Gasteiger partial charge is 0.462 e. The summed E-state index contributed by atoms with van der Waals surface area (Å²) in [6.07, 6.45) is 0. The molecule has 0 bridgehead atoms. The number of anilines is 1. The molecule has 2 N–H and O–H groups in total. The lowest BCUT2D eigenvalue weighted by Gasteiger charge is -2.07. The van der Waals surface area contributed by atoms with Crippen LogP contribution in [0.3, 0.4) is 0 Å². The molecule has 17 heavy (non-hydrogen) atoms. The number of aryl methyl sites for hydroxylation is 1. The van der Waals surface area contributed by atoms with Gasteiger partial charge in [-0.15, -0.1) is 0 Å². The van der Waals surface area contributed by atoms with E-state index in [4.69, 9.17) is 21.1 Å². The predicted octanol–water partition coefficient (Wildman–Crippen LogP) is 3.35. The fraction of sp³-hybridized carbons (Fsp3) is 0.231. The Morgan fingerprint density at radius 1 is 1.24 bits per heavy atom. The number of benzene rings is 1. The van der Waals surface area contributed by atoms with Gasteiger partial charge in [-0.05, 0) is 36.8 Å². The maximum Gasteiger partial charge on any atom is 0.129 e. The lowest BCUT2D eigenvalue weighted by atomic mass is 10.2. The smallest absolute Gasteiger partial charge is 0.129 e. The summed E-state index contributed by atoms with van der Waals surface area (Å²) in [5.41, 5.74) is 2.00. The summed E-state index contributed by atoms with van der Waals surface area (Å²) >= 11 is 6.10. The molecule has 1 heterocycles. The molecule has 0 amide bonds. The molecular formula is C13H14ClNO2. The molecular weight excluding hydrogens is 238 g/mol. The van der Waals surface area contributed by atoms with Crippen LogP contribution in [0, 0.1) is 6.92 Å². The number of hydrogen-bond acceptors (Lipinski definition) is 3. The van der Waals surface area contributed by atoms with Gasteiger partial charge in [0.15, 0.2) is 0 Å². The number of hydrogen-bond donors (Lipinski definition) is 2. The molecule has 3 nitrogen and oxygen atoms in total. The van der Waals surface area contributed by atoms with Crippen LogP contribution in [0.5, 0.6) is 0 Å². The Kier molecular flexibility index (Phi) is 3.71. The van der Waals surface area contributed by atoms with Crippen molar-refractivity contribution in [3.63, 3.8) is 0 Å². The lowest BCUT2D eigenvalue weighted by molar-refractivity contribution is 0.244. The van der Waals surface area contributed by atoms with Crippen molar-refractivity contribution in [2.45, 2.75) is 20.1 Å². The average molecular weight is 252 g/mol. The number of aliphatic hydroxyl groups is 1. The van der Waals surface area contributed by atoms with Gasteiger partial charge in [0, 0.05) is 0 Å². The first-order valence-corrected chi connectivity index (χ1v) is 5.75. The van der Waals surface area contributed by atoms with Crippen molar-refractivity contribution in [1.82, 2.24) is 0 Å². The van der Waals surface area contributed by atoms with Crippen LogP contribution in [-0.2, 0) is 13.2 Å². The molecule has 4 heteroatoms. The van der Waals surface area contributed by atoms with Gasteiger partial charge < -0.3 is 14.8 Å². The van der Waals surface area contributed by atoms with Crippen LogP contribution in [0.1, 0.15) is 17.1 Å². The van der Waals surface area contributed by atoms with E-state index in [1.54, 1.807) is 6.07 Å². The third-order valence-corrected chi connectivity index (χ3v) is 2.76. The van der Waals surface area contributed by atoms with Crippen LogP contribution < -0.4 is 5.32 Å². The number of nitrogens with one attached hydrogen (secondary N) is 1. The van der Waals surface area contributed by atoms with E-state index in [1.807, 2.05) is 31.2 Å². The van der Waals surface area contributed by atoms with Crippen molar-refractivity contribution in [1.29, 1.82) is 0 Å². The highest BCUT2D eigenvalue weighted by molar-refractivity contribution is 6.33. The van der Waals surface area contributed by atoms with Crippen molar-refractivity contribution in [3.05, 3.63) is 52.4 Å². The molecule has 90 valence electrons. The highest BCUT2D eigenvalue weighted by Crippen LogP contribution is 2.23. The van der Waals surface area contributed by atoms with Crippen LogP contribution in [0.25, 0.3) is 0 Å². The Morgan fingerprint density at radius 3 is 2.65 bits per heavy atom. The number of halogens is 1. The summed E-state index contributed by atoms with van der Waals surface area (Å²) in [5, 5.41) is 12.8. The van der Waals surface area contributed by atoms with Crippen molar-refractivity contribution in [2.24, 2.45) is 0 Å². The topological polar surface area (TPSA) is 45.4 Å². The van der Waals surface area contributed by atoms with Crippen molar-refractivity contribution in [2.75, 3.05) is 5.32 Å². The van der Waals surface area contributed by atoms with Crippen LogP contribution in [-0.4, -0.2) is 5.11 Å². The Hall–Kier alpha value is -1.45. The first-order valence-electron chi connectivity index (χ1n) is 5.37. The minimum atomic E-state index is -0.0781. The van der Waals surface area contributed by atoms with E-state index < -0.39 is 0 Å². The molecule has 0 saturated heterocycles. The SMILES string of the molecule is Cc1ccc(NCc2ccc(CO)o2)c(Cl)c1. The van der Waals surface area contributed by atoms with E-state index in [2.05, 4.69) is 5.32 Å². The van der Waals surface area contributed by atoms with Crippen LogP contribution in [0.2, 0.25) is 5.02 Å².